The highest BCUT2D eigenvalue weighted by Crippen LogP contribution is 2.32. The molecule has 1 heterocycles. The van der Waals surface area contributed by atoms with Gasteiger partial charge >= 0.3 is 5.63 Å². The molecule has 0 aliphatic carbocycles. The number of benzene rings is 2. The molecule has 0 aliphatic rings. The van der Waals surface area contributed by atoms with E-state index in [1.807, 2.05) is 48.3 Å². The maximum absolute atomic E-state index is 11.9. The summed E-state index contributed by atoms with van der Waals surface area (Å²) in [7, 11) is 5.11. The summed E-state index contributed by atoms with van der Waals surface area (Å²) in [4.78, 5) is 13.8. The van der Waals surface area contributed by atoms with E-state index in [0.717, 1.165) is 22.5 Å². The second-order valence-corrected chi connectivity index (χ2v) is 5.07. The van der Waals surface area contributed by atoms with Gasteiger partial charge in [0.05, 0.1) is 19.9 Å². The summed E-state index contributed by atoms with van der Waals surface area (Å²) in [6.45, 7) is 0. The molecular formula is C18H17NO4. The third-order valence-electron chi connectivity index (χ3n) is 3.75. The number of anilines is 2. The SMILES string of the molecule is COc1ccc(N(C)c2cc(=O)oc3cc(OC)ccc23)cc1. The van der Waals surface area contributed by atoms with Crippen LogP contribution in [0.5, 0.6) is 11.5 Å². The van der Waals surface area contributed by atoms with E-state index in [-0.39, 0.29) is 0 Å². The van der Waals surface area contributed by atoms with Crippen LogP contribution in [0.15, 0.2) is 57.7 Å². The fourth-order valence-electron chi connectivity index (χ4n) is 2.48. The van der Waals surface area contributed by atoms with E-state index < -0.39 is 5.63 Å². The molecule has 0 bridgehead atoms. The Morgan fingerprint density at radius 3 is 2.22 bits per heavy atom. The van der Waals surface area contributed by atoms with E-state index in [0.29, 0.717) is 11.3 Å². The van der Waals surface area contributed by atoms with Crippen molar-refractivity contribution >= 4 is 22.3 Å². The van der Waals surface area contributed by atoms with Crippen LogP contribution in [0.3, 0.4) is 0 Å². The first kappa shape index (κ1) is 15.0. The molecule has 0 unspecified atom stereocenters. The first-order valence-corrected chi connectivity index (χ1v) is 7.12. The van der Waals surface area contributed by atoms with Gasteiger partial charge in [-0.25, -0.2) is 4.79 Å². The van der Waals surface area contributed by atoms with Crippen LogP contribution in [0.1, 0.15) is 0 Å². The lowest BCUT2D eigenvalue weighted by atomic mass is 10.1. The zero-order valence-corrected chi connectivity index (χ0v) is 13.2. The van der Waals surface area contributed by atoms with Crippen molar-refractivity contribution in [2.24, 2.45) is 0 Å². The molecule has 0 spiro atoms. The molecule has 118 valence electrons. The van der Waals surface area contributed by atoms with Gasteiger partial charge in [-0.15, -0.1) is 0 Å². The van der Waals surface area contributed by atoms with Gasteiger partial charge in [-0.05, 0) is 36.4 Å². The minimum atomic E-state index is -0.402. The Morgan fingerprint density at radius 2 is 1.57 bits per heavy atom. The van der Waals surface area contributed by atoms with Crippen LogP contribution in [0.2, 0.25) is 0 Å². The number of nitrogens with zero attached hydrogens (tertiary/aromatic N) is 1. The molecule has 0 radical (unpaired) electrons. The Morgan fingerprint density at radius 1 is 0.913 bits per heavy atom. The second-order valence-electron chi connectivity index (χ2n) is 5.07. The summed E-state index contributed by atoms with van der Waals surface area (Å²) in [5, 5.41) is 0.837. The molecule has 0 aliphatic heterocycles. The van der Waals surface area contributed by atoms with Gasteiger partial charge in [0.25, 0.3) is 0 Å². The summed E-state index contributed by atoms with van der Waals surface area (Å²) >= 11 is 0. The number of hydrogen-bond donors (Lipinski definition) is 0. The predicted octanol–water partition coefficient (Wildman–Crippen LogP) is 3.58. The first-order chi connectivity index (χ1) is 11.1. The Labute approximate surface area is 133 Å². The van der Waals surface area contributed by atoms with Crippen LogP contribution in [0, 0.1) is 0 Å². The predicted molar refractivity (Wildman–Crippen MR) is 90.1 cm³/mol. The lowest BCUT2D eigenvalue weighted by Gasteiger charge is -2.21. The quantitative estimate of drug-likeness (QED) is 0.689. The van der Waals surface area contributed by atoms with E-state index in [4.69, 9.17) is 13.9 Å². The Balaban J connectivity index is 2.11. The summed E-state index contributed by atoms with van der Waals surface area (Å²) in [5.41, 5.74) is 1.80. The standard InChI is InChI=1S/C18H17NO4/c1-19(12-4-6-13(21-2)7-5-12)16-11-18(20)23-17-10-14(22-3)8-9-15(16)17/h4-11H,1-3H3. The third-order valence-corrected chi connectivity index (χ3v) is 3.75. The highest BCUT2D eigenvalue weighted by atomic mass is 16.5. The van der Waals surface area contributed by atoms with Crippen LogP contribution >= 0.6 is 0 Å². The lowest BCUT2D eigenvalue weighted by Crippen LogP contribution is -2.12. The van der Waals surface area contributed by atoms with Crippen molar-refractivity contribution in [1.29, 1.82) is 0 Å². The van der Waals surface area contributed by atoms with Crippen molar-refractivity contribution in [2.75, 3.05) is 26.2 Å². The molecule has 0 saturated heterocycles. The number of ether oxygens (including phenoxy) is 2. The normalized spacial score (nSPS) is 10.6. The van der Waals surface area contributed by atoms with Crippen molar-refractivity contribution in [3.8, 4) is 11.5 Å². The largest absolute Gasteiger partial charge is 0.497 e. The molecule has 0 atom stereocenters. The molecule has 3 rings (SSSR count). The van der Waals surface area contributed by atoms with E-state index in [1.165, 1.54) is 6.07 Å². The van der Waals surface area contributed by atoms with E-state index in [9.17, 15) is 4.79 Å². The van der Waals surface area contributed by atoms with Crippen molar-refractivity contribution < 1.29 is 13.9 Å². The van der Waals surface area contributed by atoms with Crippen LogP contribution < -0.4 is 20.0 Å². The van der Waals surface area contributed by atoms with E-state index in [1.54, 1.807) is 20.3 Å². The summed E-state index contributed by atoms with van der Waals surface area (Å²) < 4.78 is 15.6. The Hall–Kier alpha value is -2.95. The molecule has 1 aromatic heterocycles. The summed E-state index contributed by atoms with van der Waals surface area (Å²) in [6.07, 6.45) is 0. The lowest BCUT2D eigenvalue weighted by molar-refractivity contribution is 0.414. The average Bonchev–Trinajstić information content (AvgIpc) is 2.59. The number of rotatable bonds is 4. The van der Waals surface area contributed by atoms with Crippen molar-refractivity contribution in [1.82, 2.24) is 0 Å². The maximum Gasteiger partial charge on any atom is 0.338 e. The highest BCUT2D eigenvalue weighted by molar-refractivity contribution is 5.93. The number of hydrogen-bond acceptors (Lipinski definition) is 5. The summed E-state index contributed by atoms with van der Waals surface area (Å²) in [6, 6.07) is 14.5. The number of methoxy groups -OCH3 is 2. The van der Waals surface area contributed by atoms with Crippen molar-refractivity contribution in [2.45, 2.75) is 0 Å². The zero-order chi connectivity index (χ0) is 16.4. The van der Waals surface area contributed by atoms with Crippen LogP contribution in [0.4, 0.5) is 11.4 Å². The van der Waals surface area contributed by atoms with Gasteiger partial charge in [0.1, 0.15) is 17.1 Å². The van der Waals surface area contributed by atoms with E-state index in [2.05, 4.69) is 0 Å². The second kappa shape index (κ2) is 6.04. The molecule has 5 heteroatoms. The molecule has 5 nitrogen and oxygen atoms in total. The van der Waals surface area contributed by atoms with Gasteiger partial charge in [-0.1, -0.05) is 0 Å². The van der Waals surface area contributed by atoms with Crippen LogP contribution in [-0.4, -0.2) is 21.3 Å². The molecule has 0 saturated carbocycles. The minimum Gasteiger partial charge on any atom is -0.497 e. The van der Waals surface area contributed by atoms with Gasteiger partial charge < -0.3 is 18.8 Å². The summed E-state index contributed by atoms with van der Waals surface area (Å²) in [5.74, 6) is 1.43. The maximum atomic E-state index is 11.9. The van der Waals surface area contributed by atoms with Gasteiger partial charge in [0.2, 0.25) is 0 Å². The molecule has 23 heavy (non-hydrogen) atoms. The topological polar surface area (TPSA) is 51.9 Å². The molecule has 0 fully saturated rings. The molecule has 3 aromatic rings. The van der Waals surface area contributed by atoms with Crippen LogP contribution in [-0.2, 0) is 0 Å². The molecular weight excluding hydrogens is 294 g/mol. The fourth-order valence-corrected chi connectivity index (χ4v) is 2.48. The van der Waals surface area contributed by atoms with Gasteiger partial charge in [0, 0.05) is 30.3 Å². The van der Waals surface area contributed by atoms with Crippen molar-refractivity contribution in [3.63, 3.8) is 0 Å². The third kappa shape index (κ3) is 2.85. The van der Waals surface area contributed by atoms with Crippen LogP contribution in [0.25, 0.3) is 11.0 Å². The smallest absolute Gasteiger partial charge is 0.338 e. The first-order valence-electron chi connectivity index (χ1n) is 7.12. The van der Waals surface area contributed by atoms with E-state index >= 15 is 0 Å². The molecule has 0 amide bonds. The van der Waals surface area contributed by atoms with Crippen molar-refractivity contribution in [3.05, 3.63) is 59.0 Å². The zero-order valence-electron chi connectivity index (χ0n) is 13.2. The van der Waals surface area contributed by atoms with Gasteiger partial charge in [-0.3, -0.25) is 0 Å². The monoisotopic (exact) mass is 311 g/mol. The Bertz CT molecular complexity index is 884. The van der Waals surface area contributed by atoms with Gasteiger partial charge in [-0.2, -0.15) is 0 Å². The molecule has 2 aromatic carbocycles. The Kier molecular flexibility index (Phi) is 3.93. The molecule has 0 N–H and O–H groups in total. The number of fused-ring (bicyclic) bond motifs is 1. The minimum absolute atomic E-state index is 0.402. The van der Waals surface area contributed by atoms with Gasteiger partial charge in [0.15, 0.2) is 0 Å². The highest BCUT2D eigenvalue weighted by Gasteiger charge is 2.12. The fraction of sp³-hybridized carbons (Fsp3) is 0.167. The average molecular weight is 311 g/mol.